The van der Waals surface area contributed by atoms with E-state index in [1.807, 2.05) is 18.2 Å². The second kappa shape index (κ2) is 7.73. The molecule has 1 aliphatic rings. The van der Waals surface area contributed by atoms with Crippen molar-refractivity contribution in [2.24, 2.45) is 0 Å². The molecule has 1 atom stereocenters. The smallest absolute Gasteiger partial charge is 0.129 e. The zero-order valence-corrected chi connectivity index (χ0v) is 13.3. The first-order valence-electron chi connectivity index (χ1n) is 7.80. The zero-order valence-electron chi connectivity index (χ0n) is 13.3. The fourth-order valence-corrected chi connectivity index (χ4v) is 2.47. The van der Waals surface area contributed by atoms with Gasteiger partial charge >= 0.3 is 0 Å². The summed E-state index contributed by atoms with van der Waals surface area (Å²) in [5.41, 5.74) is 0.736. The first-order valence-corrected chi connectivity index (χ1v) is 7.80. The molecule has 0 aromatic carbocycles. The van der Waals surface area contributed by atoms with Crippen LogP contribution in [0.2, 0.25) is 0 Å². The number of nitrogens with zero attached hydrogens (tertiary/aromatic N) is 3. The van der Waals surface area contributed by atoms with Crippen LogP contribution in [0, 0.1) is 0 Å². The normalized spacial score (nSPS) is 18.2. The van der Waals surface area contributed by atoms with Crippen molar-refractivity contribution < 1.29 is 9.84 Å². The average molecular weight is 293 g/mol. The minimum absolute atomic E-state index is 0.304. The molecule has 0 bridgehead atoms. The highest BCUT2D eigenvalue weighted by atomic mass is 16.5. The SMILES string of the molecule is CC(C)OCCN1CCN(c2cccc(C(C)O)n2)CC1. The highest BCUT2D eigenvalue weighted by Crippen LogP contribution is 2.17. The molecule has 1 unspecified atom stereocenters. The Kier molecular flexibility index (Phi) is 5.96. The molecular weight excluding hydrogens is 266 g/mol. The summed E-state index contributed by atoms with van der Waals surface area (Å²) in [6.45, 7) is 11.7. The Balaban J connectivity index is 1.82. The third-order valence-electron chi connectivity index (χ3n) is 3.74. The summed E-state index contributed by atoms with van der Waals surface area (Å²) >= 11 is 0. The van der Waals surface area contributed by atoms with Crippen molar-refractivity contribution in [3.8, 4) is 0 Å². The maximum absolute atomic E-state index is 9.63. The Bertz CT molecular complexity index is 429. The predicted molar refractivity (Wildman–Crippen MR) is 84.6 cm³/mol. The first kappa shape index (κ1) is 16.2. The van der Waals surface area contributed by atoms with Crippen molar-refractivity contribution >= 4 is 5.82 Å². The van der Waals surface area contributed by atoms with Crippen LogP contribution in [0.4, 0.5) is 5.82 Å². The summed E-state index contributed by atoms with van der Waals surface area (Å²) in [5, 5.41) is 9.63. The van der Waals surface area contributed by atoms with Gasteiger partial charge in [0.25, 0.3) is 0 Å². The maximum Gasteiger partial charge on any atom is 0.129 e. The highest BCUT2D eigenvalue weighted by molar-refractivity contribution is 5.40. The number of anilines is 1. The summed E-state index contributed by atoms with van der Waals surface area (Å²) in [6.07, 6.45) is -0.210. The molecule has 0 saturated carbocycles. The molecule has 0 amide bonds. The largest absolute Gasteiger partial charge is 0.387 e. The fourth-order valence-electron chi connectivity index (χ4n) is 2.47. The van der Waals surface area contributed by atoms with Crippen LogP contribution in [0.15, 0.2) is 18.2 Å². The number of aromatic nitrogens is 1. The number of pyridine rings is 1. The number of aliphatic hydroxyl groups is 1. The van der Waals surface area contributed by atoms with E-state index in [1.165, 1.54) is 0 Å². The van der Waals surface area contributed by atoms with Gasteiger partial charge in [-0.05, 0) is 32.9 Å². The highest BCUT2D eigenvalue weighted by Gasteiger charge is 2.18. The van der Waals surface area contributed by atoms with Crippen LogP contribution in [0.5, 0.6) is 0 Å². The lowest BCUT2D eigenvalue weighted by molar-refractivity contribution is 0.0578. The van der Waals surface area contributed by atoms with Gasteiger partial charge in [-0.1, -0.05) is 6.07 Å². The van der Waals surface area contributed by atoms with Crippen LogP contribution in [-0.2, 0) is 4.74 Å². The third-order valence-corrected chi connectivity index (χ3v) is 3.74. The summed E-state index contributed by atoms with van der Waals surface area (Å²) in [5.74, 6) is 0.964. The molecule has 1 fully saturated rings. The Hall–Kier alpha value is -1.17. The van der Waals surface area contributed by atoms with Gasteiger partial charge in [-0.25, -0.2) is 4.98 Å². The monoisotopic (exact) mass is 293 g/mol. The Morgan fingerprint density at radius 3 is 2.52 bits per heavy atom. The van der Waals surface area contributed by atoms with Crippen molar-refractivity contribution in [1.29, 1.82) is 0 Å². The van der Waals surface area contributed by atoms with Crippen molar-refractivity contribution in [2.75, 3.05) is 44.2 Å². The molecule has 1 N–H and O–H groups in total. The molecule has 1 aromatic heterocycles. The molecule has 1 saturated heterocycles. The van der Waals surface area contributed by atoms with E-state index in [4.69, 9.17) is 4.74 Å². The molecule has 0 aliphatic carbocycles. The Labute approximate surface area is 127 Å². The van der Waals surface area contributed by atoms with Crippen LogP contribution >= 0.6 is 0 Å². The van der Waals surface area contributed by atoms with Gasteiger partial charge in [-0.3, -0.25) is 4.90 Å². The van der Waals surface area contributed by atoms with Gasteiger partial charge in [-0.15, -0.1) is 0 Å². The maximum atomic E-state index is 9.63. The number of hydrogen-bond acceptors (Lipinski definition) is 5. The standard InChI is InChI=1S/C16H27N3O2/c1-13(2)21-12-11-18-7-9-19(10-8-18)16-6-4-5-15(17-16)14(3)20/h4-6,13-14,20H,7-12H2,1-3H3. The van der Waals surface area contributed by atoms with Crippen LogP contribution in [0.3, 0.4) is 0 Å². The lowest BCUT2D eigenvalue weighted by Crippen LogP contribution is -2.47. The predicted octanol–water partition coefficient (Wildman–Crippen LogP) is 1.68. The van der Waals surface area contributed by atoms with Crippen molar-refractivity contribution in [3.63, 3.8) is 0 Å². The van der Waals surface area contributed by atoms with E-state index in [1.54, 1.807) is 6.92 Å². The summed E-state index contributed by atoms with van der Waals surface area (Å²) in [4.78, 5) is 9.25. The average Bonchev–Trinajstić information content (AvgIpc) is 2.48. The van der Waals surface area contributed by atoms with Crippen molar-refractivity contribution in [3.05, 3.63) is 23.9 Å². The third kappa shape index (κ3) is 4.95. The summed E-state index contributed by atoms with van der Waals surface area (Å²) in [7, 11) is 0. The molecule has 0 spiro atoms. The second-order valence-corrected chi connectivity index (χ2v) is 5.84. The molecular formula is C16H27N3O2. The molecule has 21 heavy (non-hydrogen) atoms. The quantitative estimate of drug-likeness (QED) is 0.865. The minimum atomic E-state index is -0.514. The van der Waals surface area contributed by atoms with Crippen LogP contribution in [-0.4, -0.2) is 60.4 Å². The molecule has 0 radical (unpaired) electrons. The van der Waals surface area contributed by atoms with E-state index in [0.29, 0.717) is 6.10 Å². The number of piperazine rings is 1. The lowest BCUT2D eigenvalue weighted by atomic mass is 10.2. The van der Waals surface area contributed by atoms with Crippen molar-refractivity contribution in [2.45, 2.75) is 33.0 Å². The summed E-state index contributed by atoms with van der Waals surface area (Å²) < 4.78 is 5.60. The molecule has 2 heterocycles. The molecule has 5 heteroatoms. The van der Waals surface area contributed by atoms with Gasteiger partial charge in [0.05, 0.1) is 24.5 Å². The Morgan fingerprint density at radius 1 is 1.19 bits per heavy atom. The van der Waals surface area contributed by atoms with E-state index in [2.05, 4.69) is 28.6 Å². The van der Waals surface area contributed by atoms with Gasteiger partial charge < -0.3 is 14.7 Å². The minimum Gasteiger partial charge on any atom is -0.387 e. The molecule has 2 rings (SSSR count). The number of ether oxygens (including phenoxy) is 1. The van der Waals surface area contributed by atoms with Gasteiger partial charge in [0.15, 0.2) is 0 Å². The van der Waals surface area contributed by atoms with E-state index in [-0.39, 0.29) is 0 Å². The number of aliphatic hydroxyl groups excluding tert-OH is 1. The van der Waals surface area contributed by atoms with Gasteiger partial charge in [0, 0.05) is 32.7 Å². The summed E-state index contributed by atoms with van der Waals surface area (Å²) in [6, 6.07) is 5.85. The van der Waals surface area contributed by atoms with E-state index in [9.17, 15) is 5.11 Å². The molecule has 118 valence electrons. The Morgan fingerprint density at radius 2 is 1.90 bits per heavy atom. The van der Waals surface area contributed by atoms with Crippen LogP contribution < -0.4 is 4.90 Å². The second-order valence-electron chi connectivity index (χ2n) is 5.84. The van der Waals surface area contributed by atoms with Gasteiger partial charge in [0.2, 0.25) is 0 Å². The lowest BCUT2D eigenvalue weighted by Gasteiger charge is -2.35. The first-order chi connectivity index (χ1) is 10.1. The molecule has 5 nitrogen and oxygen atoms in total. The fraction of sp³-hybridized carbons (Fsp3) is 0.688. The van der Waals surface area contributed by atoms with Crippen LogP contribution in [0.25, 0.3) is 0 Å². The van der Waals surface area contributed by atoms with E-state index >= 15 is 0 Å². The topological polar surface area (TPSA) is 48.8 Å². The van der Waals surface area contributed by atoms with Gasteiger partial charge in [0.1, 0.15) is 5.82 Å². The van der Waals surface area contributed by atoms with Crippen LogP contribution in [0.1, 0.15) is 32.6 Å². The van der Waals surface area contributed by atoms with Gasteiger partial charge in [-0.2, -0.15) is 0 Å². The number of rotatable bonds is 6. The van der Waals surface area contributed by atoms with E-state index in [0.717, 1.165) is 50.8 Å². The van der Waals surface area contributed by atoms with Crippen molar-refractivity contribution in [1.82, 2.24) is 9.88 Å². The zero-order chi connectivity index (χ0) is 15.2. The molecule has 1 aliphatic heterocycles. The molecule has 1 aromatic rings. The van der Waals surface area contributed by atoms with E-state index < -0.39 is 6.10 Å². The number of hydrogen-bond donors (Lipinski definition) is 1.